The molecule has 0 radical (unpaired) electrons. The van der Waals surface area contributed by atoms with Gasteiger partial charge in [0.25, 0.3) is 0 Å². The van der Waals surface area contributed by atoms with Crippen molar-refractivity contribution >= 4 is 17.3 Å². The van der Waals surface area contributed by atoms with Crippen LogP contribution in [0.3, 0.4) is 0 Å². The van der Waals surface area contributed by atoms with E-state index in [9.17, 15) is 4.79 Å². The molecular formula is C15H23N3O2. The van der Waals surface area contributed by atoms with Crippen molar-refractivity contribution in [3.8, 4) is 5.75 Å². The van der Waals surface area contributed by atoms with Crippen LogP contribution in [0.1, 0.15) is 32.6 Å². The third-order valence-electron chi connectivity index (χ3n) is 3.59. The number of nitrogens with two attached hydrogens (primary N) is 1. The zero-order valence-corrected chi connectivity index (χ0v) is 12.1. The van der Waals surface area contributed by atoms with E-state index in [4.69, 9.17) is 10.5 Å². The quantitative estimate of drug-likeness (QED) is 0.789. The molecule has 1 amide bonds. The number of hydrogen-bond acceptors (Lipinski definition) is 4. The number of methoxy groups -OCH3 is 1. The van der Waals surface area contributed by atoms with E-state index >= 15 is 0 Å². The molecule has 2 rings (SSSR count). The summed E-state index contributed by atoms with van der Waals surface area (Å²) in [5.74, 6) is 0.694. The zero-order valence-electron chi connectivity index (χ0n) is 12.1. The molecule has 0 heterocycles. The lowest BCUT2D eigenvalue weighted by atomic mass is 9.91. The summed E-state index contributed by atoms with van der Waals surface area (Å²) in [7, 11) is 1.64. The molecule has 1 aliphatic rings. The third-order valence-corrected chi connectivity index (χ3v) is 3.59. The molecule has 1 aliphatic carbocycles. The van der Waals surface area contributed by atoms with Gasteiger partial charge in [-0.2, -0.15) is 0 Å². The highest BCUT2D eigenvalue weighted by atomic mass is 16.5. The Morgan fingerprint density at radius 2 is 2.20 bits per heavy atom. The van der Waals surface area contributed by atoms with E-state index in [1.807, 2.05) is 18.2 Å². The van der Waals surface area contributed by atoms with Crippen molar-refractivity contribution in [2.45, 2.75) is 44.7 Å². The molecule has 0 aliphatic heterocycles. The Labute approximate surface area is 119 Å². The summed E-state index contributed by atoms with van der Waals surface area (Å²) < 4.78 is 5.37. The fraction of sp³-hybridized carbons (Fsp3) is 0.533. The van der Waals surface area contributed by atoms with E-state index in [0.717, 1.165) is 42.8 Å². The second kappa shape index (κ2) is 6.61. The van der Waals surface area contributed by atoms with Gasteiger partial charge in [0.05, 0.1) is 12.8 Å². The number of hydrogen-bond donors (Lipinski definition) is 3. The molecule has 1 fully saturated rings. The standard InChI is InChI=1S/C15H23N3O2/c1-10(19)17-13-6-7-15(20-2)14(9-13)18-12-5-3-4-11(16)8-12/h6-7,9,11-12,18H,3-5,8,16H2,1-2H3,(H,17,19). The Bertz CT molecular complexity index is 476. The van der Waals surface area contributed by atoms with Crippen LogP contribution in [-0.2, 0) is 4.79 Å². The molecule has 5 heteroatoms. The summed E-state index contributed by atoms with van der Waals surface area (Å²) in [5, 5.41) is 6.27. The van der Waals surface area contributed by atoms with Gasteiger partial charge in [-0.3, -0.25) is 4.79 Å². The molecule has 0 spiro atoms. The fourth-order valence-electron chi connectivity index (χ4n) is 2.68. The van der Waals surface area contributed by atoms with Crippen LogP contribution >= 0.6 is 0 Å². The van der Waals surface area contributed by atoms with Crippen molar-refractivity contribution in [1.82, 2.24) is 0 Å². The van der Waals surface area contributed by atoms with Gasteiger partial charge in [-0.15, -0.1) is 0 Å². The Hall–Kier alpha value is -1.75. The highest BCUT2D eigenvalue weighted by molar-refractivity contribution is 5.89. The molecule has 110 valence electrons. The molecular weight excluding hydrogens is 254 g/mol. The first kappa shape index (κ1) is 14.7. The lowest BCUT2D eigenvalue weighted by Gasteiger charge is -2.28. The highest BCUT2D eigenvalue weighted by Gasteiger charge is 2.20. The van der Waals surface area contributed by atoms with Crippen LogP contribution in [0, 0.1) is 0 Å². The maximum atomic E-state index is 11.1. The van der Waals surface area contributed by atoms with Crippen LogP contribution < -0.4 is 21.1 Å². The zero-order chi connectivity index (χ0) is 14.5. The second-order valence-electron chi connectivity index (χ2n) is 5.36. The Morgan fingerprint density at radius 1 is 1.40 bits per heavy atom. The average molecular weight is 277 g/mol. The smallest absolute Gasteiger partial charge is 0.221 e. The van der Waals surface area contributed by atoms with Gasteiger partial charge in [0.2, 0.25) is 5.91 Å². The molecule has 1 aromatic carbocycles. The maximum Gasteiger partial charge on any atom is 0.221 e. The lowest BCUT2D eigenvalue weighted by Crippen LogP contribution is -2.34. The van der Waals surface area contributed by atoms with Gasteiger partial charge in [0.15, 0.2) is 0 Å². The summed E-state index contributed by atoms with van der Waals surface area (Å²) in [6.45, 7) is 1.50. The maximum absolute atomic E-state index is 11.1. The van der Waals surface area contributed by atoms with Gasteiger partial charge in [-0.1, -0.05) is 0 Å². The average Bonchev–Trinajstić information content (AvgIpc) is 2.38. The molecule has 0 saturated heterocycles. The Morgan fingerprint density at radius 3 is 2.85 bits per heavy atom. The van der Waals surface area contributed by atoms with E-state index < -0.39 is 0 Å². The first-order chi connectivity index (χ1) is 9.58. The monoisotopic (exact) mass is 277 g/mol. The van der Waals surface area contributed by atoms with Crippen LogP contribution in [0.4, 0.5) is 11.4 Å². The van der Waals surface area contributed by atoms with Crippen molar-refractivity contribution in [1.29, 1.82) is 0 Å². The lowest BCUT2D eigenvalue weighted by molar-refractivity contribution is -0.114. The van der Waals surface area contributed by atoms with Crippen LogP contribution in [0.5, 0.6) is 5.75 Å². The topological polar surface area (TPSA) is 76.4 Å². The van der Waals surface area contributed by atoms with Gasteiger partial charge in [0, 0.05) is 24.7 Å². The van der Waals surface area contributed by atoms with Gasteiger partial charge in [0.1, 0.15) is 5.75 Å². The molecule has 1 saturated carbocycles. The number of benzene rings is 1. The fourth-order valence-corrected chi connectivity index (χ4v) is 2.68. The van der Waals surface area contributed by atoms with Gasteiger partial charge < -0.3 is 21.1 Å². The number of rotatable bonds is 4. The van der Waals surface area contributed by atoms with Gasteiger partial charge in [-0.25, -0.2) is 0 Å². The number of anilines is 2. The first-order valence-electron chi connectivity index (χ1n) is 7.06. The molecule has 20 heavy (non-hydrogen) atoms. The summed E-state index contributed by atoms with van der Waals surface area (Å²) in [5.41, 5.74) is 7.68. The summed E-state index contributed by atoms with van der Waals surface area (Å²) >= 11 is 0. The minimum absolute atomic E-state index is 0.0826. The van der Waals surface area contributed by atoms with Crippen molar-refractivity contribution in [2.24, 2.45) is 5.73 Å². The minimum atomic E-state index is -0.0826. The SMILES string of the molecule is COc1ccc(NC(C)=O)cc1NC1CCCC(N)C1. The van der Waals surface area contributed by atoms with Crippen molar-refractivity contribution in [3.05, 3.63) is 18.2 Å². The Balaban J connectivity index is 2.13. The number of nitrogens with one attached hydrogen (secondary N) is 2. The third kappa shape index (κ3) is 3.87. The number of ether oxygens (including phenoxy) is 1. The largest absolute Gasteiger partial charge is 0.495 e. The molecule has 0 bridgehead atoms. The van der Waals surface area contributed by atoms with Crippen LogP contribution in [0.15, 0.2) is 18.2 Å². The van der Waals surface area contributed by atoms with Gasteiger partial charge >= 0.3 is 0 Å². The summed E-state index contributed by atoms with van der Waals surface area (Å²) in [6.07, 6.45) is 4.32. The van der Waals surface area contributed by atoms with Crippen LogP contribution in [0.2, 0.25) is 0 Å². The molecule has 0 aromatic heterocycles. The normalized spacial score (nSPS) is 22.1. The second-order valence-corrected chi connectivity index (χ2v) is 5.36. The van der Waals surface area contributed by atoms with Crippen LogP contribution in [0.25, 0.3) is 0 Å². The number of carbonyl (C=O) groups is 1. The van der Waals surface area contributed by atoms with E-state index in [1.165, 1.54) is 6.92 Å². The molecule has 2 unspecified atom stereocenters. The predicted octanol–water partition coefficient (Wildman–Crippen LogP) is 2.34. The van der Waals surface area contributed by atoms with E-state index in [1.54, 1.807) is 7.11 Å². The molecule has 1 aromatic rings. The van der Waals surface area contributed by atoms with E-state index in [-0.39, 0.29) is 11.9 Å². The van der Waals surface area contributed by atoms with E-state index in [0.29, 0.717) is 6.04 Å². The van der Waals surface area contributed by atoms with Crippen molar-refractivity contribution < 1.29 is 9.53 Å². The molecule has 4 N–H and O–H groups in total. The van der Waals surface area contributed by atoms with Crippen molar-refractivity contribution in [2.75, 3.05) is 17.7 Å². The Kier molecular flexibility index (Phi) is 4.84. The minimum Gasteiger partial charge on any atom is -0.495 e. The van der Waals surface area contributed by atoms with Gasteiger partial charge in [-0.05, 0) is 43.9 Å². The molecule has 5 nitrogen and oxygen atoms in total. The highest BCUT2D eigenvalue weighted by Crippen LogP contribution is 2.30. The number of amides is 1. The summed E-state index contributed by atoms with van der Waals surface area (Å²) in [6, 6.07) is 6.22. The summed E-state index contributed by atoms with van der Waals surface area (Å²) in [4.78, 5) is 11.1. The predicted molar refractivity (Wildman–Crippen MR) is 81.2 cm³/mol. The number of carbonyl (C=O) groups excluding carboxylic acids is 1. The molecule has 2 atom stereocenters. The van der Waals surface area contributed by atoms with Crippen molar-refractivity contribution in [3.63, 3.8) is 0 Å². The van der Waals surface area contributed by atoms with E-state index in [2.05, 4.69) is 10.6 Å². The first-order valence-corrected chi connectivity index (χ1v) is 7.06. The van der Waals surface area contributed by atoms with Crippen LogP contribution in [-0.4, -0.2) is 25.1 Å².